The van der Waals surface area contributed by atoms with Crippen molar-refractivity contribution in [2.45, 2.75) is 20.0 Å². The number of fused-ring (bicyclic) bond motifs is 1. The van der Waals surface area contributed by atoms with Gasteiger partial charge in [-0.05, 0) is 60.7 Å². The number of furan rings is 1. The van der Waals surface area contributed by atoms with Gasteiger partial charge in [-0.1, -0.05) is 0 Å². The summed E-state index contributed by atoms with van der Waals surface area (Å²) >= 11 is 2.02. The molecule has 1 aromatic carbocycles. The monoisotopic (exact) mass is 455 g/mol. The Morgan fingerprint density at radius 2 is 2.16 bits per heavy atom. The lowest BCUT2D eigenvalue weighted by atomic mass is 10.2. The molecule has 3 aromatic rings. The summed E-state index contributed by atoms with van der Waals surface area (Å²) in [5.74, 6) is -1.02. The summed E-state index contributed by atoms with van der Waals surface area (Å²) in [4.78, 5) is 21.5. The van der Waals surface area contributed by atoms with E-state index in [1.165, 1.54) is 6.07 Å². The molecule has 0 spiro atoms. The molecule has 2 aromatic heterocycles. The second kappa shape index (κ2) is 7.36. The van der Waals surface area contributed by atoms with Crippen molar-refractivity contribution in [3.63, 3.8) is 0 Å². The van der Waals surface area contributed by atoms with Crippen LogP contribution in [0.15, 0.2) is 41.1 Å². The van der Waals surface area contributed by atoms with Gasteiger partial charge >= 0.3 is 5.91 Å². The number of hydrogen-bond donors (Lipinski definition) is 2. The molecule has 0 unspecified atom stereocenters. The lowest BCUT2D eigenvalue weighted by Gasteiger charge is -2.10. The third-order valence-electron chi connectivity index (χ3n) is 3.27. The quantitative estimate of drug-likeness (QED) is 0.441. The average molecular weight is 455 g/mol. The van der Waals surface area contributed by atoms with Gasteiger partial charge in [-0.2, -0.15) is 0 Å². The minimum atomic E-state index is -0.571. The Labute approximate surface area is 156 Å². The zero-order valence-electron chi connectivity index (χ0n) is 13.5. The zero-order valence-corrected chi connectivity index (χ0v) is 15.6. The average Bonchev–Trinajstić information content (AvgIpc) is 2.94. The fourth-order valence-electron chi connectivity index (χ4n) is 2.17. The highest BCUT2D eigenvalue weighted by molar-refractivity contribution is 14.1. The minimum absolute atomic E-state index is 0.0124. The summed E-state index contributed by atoms with van der Waals surface area (Å²) in [7, 11) is 0. The third-order valence-corrected chi connectivity index (χ3v) is 3.94. The van der Waals surface area contributed by atoms with Crippen LogP contribution < -0.4 is 10.8 Å². The number of anilines is 2. The number of benzene rings is 1. The first-order valence-electron chi connectivity index (χ1n) is 7.50. The summed E-state index contributed by atoms with van der Waals surface area (Å²) in [5, 5.41) is 3.50. The fourth-order valence-corrected chi connectivity index (χ4v) is 2.62. The summed E-state index contributed by atoms with van der Waals surface area (Å²) in [6, 6.07) is 6.38. The van der Waals surface area contributed by atoms with Crippen molar-refractivity contribution in [3.05, 3.63) is 51.8 Å². The van der Waals surface area contributed by atoms with Crippen LogP contribution in [0.4, 0.5) is 15.8 Å². The Kier molecular flexibility index (Phi) is 5.19. The molecule has 0 atom stereocenters. The molecule has 25 heavy (non-hydrogen) atoms. The Bertz CT molecular complexity index is 927. The molecule has 0 fully saturated rings. The van der Waals surface area contributed by atoms with E-state index in [1.807, 2.05) is 22.6 Å². The maximum atomic E-state index is 14.2. The molecule has 1 amide bonds. The summed E-state index contributed by atoms with van der Waals surface area (Å²) in [6.07, 6.45) is 2.90. The van der Waals surface area contributed by atoms with E-state index >= 15 is 0 Å². The molecule has 0 saturated carbocycles. The van der Waals surface area contributed by atoms with E-state index in [1.54, 1.807) is 44.4 Å². The van der Waals surface area contributed by atoms with Gasteiger partial charge in [-0.3, -0.25) is 14.6 Å². The zero-order chi connectivity index (χ0) is 18.0. The molecule has 8 heteroatoms. The van der Waals surface area contributed by atoms with Crippen LogP contribution in [0, 0.1) is 9.39 Å². The molecule has 0 aliphatic heterocycles. The van der Waals surface area contributed by atoms with Gasteiger partial charge < -0.3 is 9.73 Å². The van der Waals surface area contributed by atoms with Crippen molar-refractivity contribution in [1.29, 1.82) is 0 Å². The molecular weight excluding hydrogens is 440 g/mol. The topological polar surface area (TPSA) is 76.4 Å². The van der Waals surface area contributed by atoms with Gasteiger partial charge in [-0.15, -0.1) is 0 Å². The van der Waals surface area contributed by atoms with E-state index in [0.717, 1.165) is 3.57 Å². The highest BCUT2D eigenvalue weighted by Crippen LogP contribution is 2.33. The van der Waals surface area contributed by atoms with Gasteiger partial charge in [0, 0.05) is 16.0 Å². The van der Waals surface area contributed by atoms with Crippen LogP contribution in [0.5, 0.6) is 0 Å². The highest BCUT2D eigenvalue weighted by Gasteiger charge is 2.22. The third kappa shape index (κ3) is 3.90. The predicted octanol–water partition coefficient (Wildman–Crippen LogP) is 4.38. The van der Waals surface area contributed by atoms with Crippen molar-refractivity contribution in [1.82, 2.24) is 10.5 Å². The number of amides is 1. The number of hydroxylamine groups is 1. The fraction of sp³-hybridized carbons (Fsp3) is 0.176. The number of carbonyl (C=O) groups excluding carboxylic acids is 1. The van der Waals surface area contributed by atoms with Crippen molar-refractivity contribution >= 4 is 50.8 Å². The first kappa shape index (κ1) is 17.6. The second-order valence-electron chi connectivity index (χ2n) is 5.52. The molecule has 0 bridgehead atoms. The number of aromatic nitrogens is 1. The number of nitrogens with zero attached hydrogens (tertiary/aromatic N) is 1. The van der Waals surface area contributed by atoms with Crippen LogP contribution in [0.25, 0.3) is 11.0 Å². The van der Waals surface area contributed by atoms with E-state index in [2.05, 4.69) is 15.8 Å². The van der Waals surface area contributed by atoms with E-state index < -0.39 is 11.7 Å². The number of carbonyl (C=O) groups is 1. The molecule has 130 valence electrons. The van der Waals surface area contributed by atoms with Crippen molar-refractivity contribution in [2.75, 3.05) is 5.32 Å². The number of rotatable bonds is 5. The largest absolute Gasteiger partial charge is 0.448 e. The van der Waals surface area contributed by atoms with Crippen molar-refractivity contribution in [2.24, 2.45) is 0 Å². The summed E-state index contributed by atoms with van der Waals surface area (Å²) < 4.78 is 20.6. The van der Waals surface area contributed by atoms with Crippen molar-refractivity contribution < 1.29 is 18.4 Å². The van der Waals surface area contributed by atoms with Gasteiger partial charge in [0.25, 0.3) is 0 Å². The van der Waals surface area contributed by atoms with Crippen LogP contribution in [0.3, 0.4) is 0 Å². The SMILES string of the molecule is CC(C)ONC(=O)c1oc2ccncc2c1Nc1ccc(I)cc1F. The lowest BCUT2D eigenvalue weighted by Crippen LogP contribution is -2.27. The van der Waals surface area contributed by atoms with E-state index in [-0.39, 0.29) is 17.6 Å². The van der Waals surface area contributed by atoms with Crippen LogP contribution in [-0.4, -0.2) is 17.0 Å². The number of hydrogen-bond acceptors (Lipinski definition) is 5. The number of halogens is 2. The van der Waals surface area contributed by atoms with Crippen LogP contribution in [0.2, 0.25) is 0 Å². The molecule has 2 N–H and O–H groups in total. The van der Waals surface area contributed by atoms with Crippen molar-refractivity contribution in [3.8, 4) is 0 Å². The van der Waals surface area contributed by atoms with Crippen LogP contribution in [-0.2, 0) is 4.84 Å². The predicted molar refractivity (Wildman–Crippen MR) is 100 cm³/mol. The Morgan fingerprint density at radius 1 is 1.36 bits per heavy atom. The Hall–Kier alpha value is -2.20. The first-order valence-corrected chi connectivity index (χ1v) is 8.58. The molecule has 0 radical (unpaired) electrons. The number of nitrogens with one attached hydrogen (secondary N) is 2. The van der Waals surface area contributed by atoms with E-state index in [4.69, 9.17) is 9.25 Å². The standard InChI is InChI=1S/C17H15FIN3O3/c1-9(2)25-22-17(23)16-15(11-8-20-6-5-14(11)24-16)21-13-4-3-10(19)7-12(13)18/h3-9,21H,1-2H3,(H,22,23). The van der Waals surface area contributed by atoms with Gasteiger partial charge in [0.05, 0.1) is 17.2 Å². The second-order valence-corrected chi connectivity index (χ2v) is 6.77. The van der Waals surface area contributed by atoms with Gasteiger partial charge in [0.1, 0.15) is 17.1 Å². The van der Waals surface area contributed by atoms with E-state index in [0.29, 0.717) is 16.7 Å². The normalized spacial score (nSPS) is 11.1. The maximum absolute atomic E-state index is 14.2. The van der Waals surface area contributed by atoms with Gasteiger partial charge in [0.2, 0.25) is 5.76 Å². The van der Waals surface area contributed by atoms with Gasteiger partial charge in [-0.25, -0.2) is 9.87 Å². The molecule has 0 aliphatic carbocycles. The Morgan fingerprint density at radius 3 is 2.88 bits per heavy atom. The summed E-state index contributed by atoms with van der Waals surface area (Å²) in [5.41, 5.74) is 3.33. The lowest BCUT2D eigenvalue weighted by molar-refractivity contribution is -0.00126. The molecule has 2 heterocycles. The molecule has 6 nitrogen and oxygen atoms in total. The smallest absolute Gasteiger partial charge is 0.312 e. The Balaban J connectivity index is 2.02. The minimum Gasteiger partial charge on any atom is -0.448 e. The maximum Gasteiger partial charge on any atom is 0.312 e. The van der Waals surface area contributed by atoms with Gasteiger partial charge in [0.15, 0.2) is 0 Å². The number of pyridine rings is 1. The molecule has 3 rings (SSSR count). The van der Waals surface area contributed by atoms with Crippen LogP contribution >= 0.6 is 22.6 Å². The molecular formula is C17H15FIN3O3. The molecule has 0 aliphatic rings. The molecule has 0 saturated heterocycles. The van der Waals surface area contributed by atoms with E-state index in [9.17, 15) is 9.18 Å². The first-order chi connectivity index (χ1) is 12.0. The highest BCUT2D eigenvalue weighted by atomic mass is 127. The summed E-state index contributed by atoms with van der Waals surface area (Å²) in [6.45, 7) is 3.56. The van der Waals surface area contributed by atoms with Crippen LogP contribution in [0.1, 0.15) is 24.4 Å².